The van der Waals surface area contributed by atoms with E-state index in [9.17, 15) is 14.9 Å². The van der Waals surface area contributed by atoms with E-state index in [1.807, 2.05) is 42.5 Å². The molecule has 0 atom stereocenters. The molecule has 4 aromatic rings. The number of nitro groups is 1. The Balaban J connectivity index is 1.49. The van der Waals surface area contributed by atoms with Gasteiger partial charge in [-0.25, -0.2) is 4.98 Å². The maximum atomic E-state index is 13.2. The van der Waals surface area contributed by atoms with E-state index < -0.39 is 4.92 Å². The van der Waals surface area contributed by atoms with Gasteiger partial charge in [0.15, 0.2) is 5.13 Å². The smallest absolute Gasteiger partial charge is 0.270 e. The molecule has 168 valence electrons. The minimum Gasteiger partial charge on any atom is -0.282 e. The van der Waals surface area contributed by atoms with E-state index in [1.54, 1.807) is 28.9 Å². The van der Waals surface area contributed by atoms with Crippen molar-refractivity contribution in [2.75, 3.05) is 10.7 Å². The largest absolute Gasteiger partial charge is 0.282 e. The van der Waals surface area contributed by atoms with E-state index in [4.69, 9.17) is 11.6 Å². The second kappa shape index (κ2) is 10.7. The molecule has 2 aromatic carbocycles. The standard InChI is InChI=1S/C23H19ClN4O3S2/c24-16-6-9-19(10-7-16)32-13-3-5-22(29)27(15-17-4-1-2-12-25-17)23-26-20-11-8-18(28(30)31)14-21(20)33-23/h1-2,4,6-12,14H,3,5,13,15H2. The molecule has 10 heteroatoms. The van der Waals surface area contributed by atoms with Gasteiger partial charge in [0.2, 0.25) is 5.91 Å². The van der Waals surface area contributed by atoms with Crippen molar-refractivity contribution in [3.8, 4) is 0 Å². The summed E-state index contributed by atoms with van der Waals surface area (Å²) in [5.74, 6) is 0.725. The minimum atomic E-state index is -0.437. The molecule has 0 fully saturated rings. The number of rotatable bonds is 9. The van der Waals surface area contributed by atoms with E-state index in [0.29, 0.717) is 33.2 Å². The lowest BCUT2D eigenvalue weighted by atomic mass is 10.2. The summed E-state index contributed by atoms with van der Waals surface area (Å²) in [6.07, 6.45) is 2.73. The number of thioether (sulfide) groups is 1. The highest BCUT2D eigenvalue weighted by Crippen LogP contribution is 2.32. The van der Waals surface area contributed by atoms with Crippen LogP contribution in [0.4, 0.5) is 10.8 Å². The first-order chi connectivity index (χ1) is 16.0. The van der Waals surface area contributed by atoms with Crippen LogP contribution < -0.4 is 4.90 Å². The fourth-order valence-electron chi connectivity index (χ4n) is 3.13. The van der Waals surface area contributed by atoms with Gasteiger partial charge >= 0.3 is 0 Å². The number of anilines is 1. The van der Waals surface area contributed by atoms with Crippen LogP contribution in [0.3, 0.4) is 0 Å². The monoisotopic (exact) mass is 498 g/mol. The summed E-state index contributed by atoms with van der Waals surface area (Å²) < 4.78 is 0.663. The van der Waals surface area contributed by atoms with E-state index >= 15 is 0 Å². The number of benzene rings is 2. The lowest BCUT2D eigenvalue weighted by molar-refractivity contribution is -0.384. The predicted octanol–water partition coefficient (Wildman–Crippen LogP) is 6.36. The molecule has 0 spiro atoms. The number of thiazole rings is 1. The third kappa shape index (κ3) is 6.07. The molecule has 33 heavy (non-hydrogen) atoms. The molecule has 0 aliphatic rings. The van der Waals surface area contributed by atoms with E-state index in [2.05, 4.69) is 9.97 Å². The van der Waals surface area contributed by atoms with Gasteiger partial charge in [-0.05, 0) is 54.6 Å². The second-order valence-corrected chi connectivity index (χ2v) is 9.73. The summed E-state index contributed by atoms with van der Waals surface area (Å²) >= 11 is 8.86. The molecule has 0 aliphatic carbocycles. The van der Waals surface area contributed by atoms with Crippen LogP contribution in [-0.4, -0.2) is 26.6 Å². The number of non-ortho nitro benzene ring substituents is 1. The summed E-state index contributed by atoms with van der Waals surface area (Å²) in [6.45, 7) is 0.284. The first kappa shape index (κ1) is 23.2. The number of pyridine rings is 1. The Morgan fingerprint density at radius 2 is 1.97 bits per heavy atom. The molecule has 0 unspecified atom stereocenters. The molecule has 7 nitrogen and oxygen atoms in total. The van der Waals surface area contributed by atoms with Gasteiger partial charge in [-0.15, -0.1) is 11.8 Å². The van der Waals surface area contributed by atoms with Crippen LogP contribution in [0.15, 0.2) is 71.8 Å². The molecule has 2 aromatic heterocycles. The highest BCUT2D eigenvalue weighted by molar-refractivity contribution is 7.99. The summed E-state index contributed by atoms with van der Waals surface area (Å²) in [5.41, 5.74) is 1.36. The predicted molar refractivity (Wildman–Crippen MR) is 133 cm³/mol. The zero-order valence-electron chi connectivity index (χ0n) is 17.4. The van der Waals surface area contributed by atoms with Crippen molar-refractivity contribution in [2.24, 2.45) is 0 Å². The Kier molecular flexibility index (Phi) is 7.54. The first-order valence-corrected chi connectivity index (χ1v) is 12.3. The van der Waals surface area contributed by atoms with Gasteiger partial charge in [0, 0.05) is 34.7 Å². The Morgan fingerprint density at radius 1 is 1.15 bits per heavy atom. The van der Waals surface area contributed by atoms with Gasteiger partial charge in [-0.2, -0.15) is 0 Å². The fraction of sp³-hybridized carbons (Fsp3) is 0.174. The third-order valence-corrected chi connectivity index (χ3v) is 7.16. The number of hydrogen-bond acceptors (Lipinski definition) is 7. The highest BCUT2D eigenvalue weighted by atomic mass is 35.5. The molecule has 0 N–H and O–H groups in total. The molecule has 1 amide bonds. The fourth-order valence-corrected chi connectivity index (χ4v) is 5.12. The number of nitro benzene ring substituents is 1. The van der Waals surface area contributed by atoms with Crippen molar-refractivity contribution >= 4 is 61.6 Å². The molecular weight excluding hydrogens is 480 g/mol. The van der Waals surface area contributed by atoms with Crippen molar-refractivity contribution < 1.29 is 9.72 Å². The lowest BCUT2D eigenvalue weighted by Gasteiger charge is -2.19. The maximum absolute atomic E-state index is 13.2. The van der Waals surface area contributed by atoms with Gasteiger partial charge in [0.1, 0.15) is 0 Å². The number of hydrogen-bond donors (Lipinski definition) is 0. The number of halogens is 1. The molecule has 0 radical (unpaired) electrons. The Labute approximate surface area is 203 Å². The quantitative estimate of drug-likeness (QED) is 0.115. The SMILES string of the molecule is O=C(CCCSc1ccc(Cl)cc1)N(Cc1ccccn1)c1nc2ccc([N+](=O)[O-])cc2s1. The minimum absolute atomic E-state index is 0.000438. The maximum Gasteiger partial charge on any atom is 0.270 e. The lowest BCUT2D eigenvalue weighted by Crippen LogP contribution is -2.30. The molecule has 0 saturated heterocycles. The van der Waals surface area contributed by atoms with Gasteiger partial charge in [-0.3, -0.25) is 24.8 Å². The van der Waals surface area contributed by atoms with Crippen LogP contribution in [0, 0.1) is 10.1 Å². The third-order valence-electron chi connectivity index (χ3n) is 4.77. The number of fused-ring (bicyclic) bond motifs is 1. The zero-order chi connectivity index (χ0) is 23.2. The Hall–Kier alpha value is -3.01. The summed E-state index contributed by atoms with van der Waals surface area (Å²) in [7, 11) is 0. The molecule has 0 bridgehead atoms. The molecule has 4 rings (SSSR count). The molecule has 2 heterocycles. The van der Waals surface area contributed by atoms with Gasteiger partial charge < -0.3 is 0 Å². The molecule has 0 aliphatic heterocycles. The van der Waals surface area contributed by atoms with E-state index in [1.165, 1.54) is 23.5 Å². The van der Waals surface area contributed by atoms with Crippen molar-refractivity contribution in [1.82, 2.24) is 9.97 Å². The van der Waals surface area contributed by atoms with Gasteiger partial charge in [0.05, 0.1) is 27.4 Å². The first-order valence-electron chi connectivity index (χ1n) is 10.1. The van der Waals surface area contributed by atoms with Crippen molar-refractivity contribution in [1.29, 1.82) is 0 Å². The number of amides is 1. The number of carbonyl (C=O) groups excluding carboxylic acids is 1. The van der Waals surface area contributed by atoms with Crippen LogP contribution in [0.5, 0.6) is 0 Å². The topological polar surface area (TPSA) is 89.2 Å². The zero-order valence-corrected chi connectivity index (χ0v) is 19.8. The Bertz CT molecular complexity index is 1270. The Morgan fingerprint density at radius 3 is 2.70 bits per heavy atom. The number of carbonyl (C=O) groups is 1. The van der Waals surface area contributed by atoms with Crippen LogP contribution in [-0.2, 0) is 11.3 Å². The van der Waals surface area contributed by atoms with Crippen LogP contribution in [0.25, 0.3) is 10.2 Å². The highest BCUT2D eigenvalue weighted by Gasteiger charge is 2.21. The average molecular weight is 499 g/mol. The molecule has 0 saturated carbocycles. The van der Waals surface area contributed by atoms with E-state index in [-0.39, 0.29) is 18.1 Å². The summed E-state index contributed by atoms with van der Waals surface area (Å²) in [5, 5.41) is 12.3. The van der Waals surface area contributed by atoms with Gasteiger partial charge in [0.25, 0.3) is 5.69 Å². The number of aromatic nitrogens is 2. The van der Waals surface area contributed by atoms with Crippen LogP contribution in [0.1, 0.15) is 18.5 Å². The van der Waals surface area contributed by atoms with E-state index in [0.717, 1.165) is 16.3 Å². The summed E-state index contributed by atoms with van der Waals surface area (Å²) in [4.78, 5) is 35.5. The van der Waals surface area contributed by atoms with Crippen LogP contribution in [0.2, 0.25) is 5.02 Å². The average Bonchev–Trinajstić information content (AvgIpc) is 3.25. The van der Waals surface area contributed by atoms with Crippen molar-refractivity contribution in [2.45, 2.75) is 24.3 Å². The molecular formula is C23H19ClN4O3S2. The normalized spacial score (nSPS) is 10.9. The van der Waals surface area contributed by atoms with Crippen molar-refractivity contribution in [3.05, 3.63) is 87.7 Å². The number of nitrogens with zero attached hydrogens (tertiary/aromatic N) is 4. The van der Waals surface area contributed by atoms with Crippen molar-refractivity contribution in [3.63, 3.8) is 0 Å². The van der Waals surface area contributed by atoms with Crippen LogP contribution >= 0.6 is 34.7 Å². The second-order valence-electron chi connectivity index (χ2n) is 7.11. The summed E-state index contributed by atoms with van der Waals surface area (Å²) in [6, 6.07) is 17.7. The van der Waals surface area contributed by atoms with Gasteiger partial charge in [-0.1, -0.05) is 29.0 Å².